The molecule has 4 heteroatoms. The van der Waals surface area contributed by atoms with Crippen LogP contribution in [0.25, 0.3) is 0 Å². The van der Waals surface area contributed by atoms with Gasteiger partial charge in [-0.05, 0) is 38.0 Å². The molecule has 0 saturated heterocycles. The molecule has 3 nitrogen and oxygen atoms in total. The van der Waals surface area contributed by atoms with Crippen LogP contribution in [0.15, 0.2) is 0 Å². The third-order valence-corrected chi connectivity index (χ3v) is 4.92. The smallest absolute Gasteiger partial charge is 0.315 e. The Kier molecular flexibility index (Phi) is 6.34. The van der Waals surface area contributed by atoms with Gasteiger partial charge in [0.15, 0.2) is 0 Å². The number of esters is 1. The topological polar surface area (TPSA) is 52.3 Å². The van der Waals surface area contributed by atoms with Gasteiger partial charge >= 0.3 is 5.97 Å². The van der Waals surface area contributed by atoms with Crippen LogP contribution in [0.4, 0.5) is 0 Å². The third-order valence-electron chi connectivity index (χ3n) is 3.55. The van der Waals surface area contributed by atoms with Crippen molar-refractivity contribution >= 4 is 17.7 Å². The predicted octanol–water partition coefficient (Wildman–Crippen LogP) is 2.43. The molecule has 0 spiro atoms. The highest BCUT2D eigenvalue weighted by atomic mass is 32.2. The van der Waals surface area contributed by atoms with E-state index in [1.165, 1.54) is 6.42 Å². The molecule has 0 radical (unpaired) electrons. The second kappa shape index (κ2) is 7.27. The molecule has 0 bridgehead atoms. The standard InChI is InChI=1S/C13H25NO2S/c1-4-16-13(15)8-17-12-7-10(9(2)3)5-6-11(12)14/h9-12H,4-8,14H2,1-3H3. The number of carbonyl (C=O) groups excluding carboxylic acids is 1. The highest BCUT2D eigenvalue weighted by molar-refractivity contribution is 8.00. The Bertz CT molecular complexity index is 246. The lowest BCUT2D eigenvalue weighted by atomic mass is 9.79. The number of carbonyl (C=O) groups is 1. The summed E-state index contributed by atoms with van der Waals surface area (Å²) in [5.41, 5.74) is 6.13. The van der Waals surface area contributed by atoms with E-state index in [4.69, 9.17) is 10.5 Å². The van der Waals surface area contributed by atoms with Crippen molar-refractivity contribution in [2.24, 2.45) is 17.6 Å². The first kappa shape index (κ1) is 14.8. The van der Waals surface area contributed by atoms with Crippen molar-refractivity contribution in [3.63, 3.8) is 0 Å². The average molecular weight is 259 g/mol. The van der Waals surface area contributed by atoms with Gasteiger partial charge in [-0.15, -0.1) is 11.8 Å². The molecule has 0 aromatic rings. The Morgan fingerprint density at radius 1 is 1.47 bits per heavy atom. The van der Waals surface area contributed by atoms with Gasteiger partial charge in [-0.25, -0.2) is 0 Å². The second-order valence-electron chi connectivity index (χ2n) is 5.14. The van der Waals surface area contributed by atoms with Crippen LogP contribution < -0.4 is 5.73 Å². The second-order valence-corrected chi connectivity index (χ2v) is 6.36. The summed E-state index contributed by atoms with van der Waals surface area (Å²) in [4.78, 5) is 11.3. The third kappa shape index (κ3) is 4.88. The van der Waals surface area contributed by atoms with Crippen LogP contribution in [0.2, 0.25) is 0 Å². The molecule has 3 unspecified atom stereocenters. The summed E-state index contributed by atoms with van der Waals surface area (Å²) >= 11 is 1.68. The molecular formula is C13H25NO2S. The van der Waals surface area contributed by atoms with Gasteiger partial charge in [0.1, 0.15) is 0 Å². The maximum atomic E-state index is 11.3. The lowest BCUT2D eigenvalue weighted by molar-refractivity contribution is -0.139. The van der Waals surface area contributed by atoms with E-state index in [1.54, 1.807) is 11.8 Å². The zero-order chi connectivity index (χ0) is 12.8. The van der Waals surface area contributed by atoms with E-state index >= 15 is 0 Å². The molecule has 1 aliphatic carbocycles. The number of rotatable bonds is 5. The number of nitrogens with two attached hydrogens (primary N) is 1. The summed E-state index contributed by atoms with van der Waals surface area (Å²) in [5, 5.41) is 0.417. The zero-order valence-corrected chi connectivity index (χ0v) is 12.0. The Balaban J connectivity index is 2.37. The molecule has 1 aliphatic rings. The van der Waals surface area contributed by atoms with E-state index < -0.39 is 0 Å². The van der Waals surface area contributed by atoms with Gasteiger partial charge in [-0.2, -0.15) is 0 Å². The fraction of sp³-hybridized carbons (Fsp3) is 0.923. The Morgan fingerprint density at radius 3 is 2.76 bits per heavy atom. The van der Waals surface area contributed by atoms with Gasteiger partial charge in [-0.1, -0.05) is 13.8 Å². The minimum atomic E-state index is -0.114. The molecular weight excluding hydrogens is 234 g/mol. The van der Waals surface area contributed by atoms with E-state index in [1.807, 2.05) is 6.92 Å². The normalized spacial score (nSPS) is 29.4. The minimum absolute atomic E-state index is 0.114. The van der Waals surface area contributed by atoms with Crippen LogP contribution in [-0.2, 0) is 9.53 Å². The van der Waals surface area contributed by atoms with Gasteiger partial charge < -0.3 is 10.5 Å². The quantitative estimate of drug-likeness (QED) is 0.770. The van der Waals surface area contributed by atoms with Crippen molar-refractivity contribution in [1.82, 2.24) is 0 Å². The fourth-order valence-electron chi connectivity index (χ4n) is 2.36. The number of hydrogen-bond donors (Lipinski definition) is 1. The summed E-state index contributed by atoms with van der Waals surface area (Å²) < 4.78 is 4.94. The largest absolute Gasteiger partial charge is 0.465 e. The van der Waals surface area contributed by atoms with E-state index in [-0.39, 0.29) is 12.0 Å². The Hall–Kier alpha value is -0.220. The van der Waals surface area contributed by atoms with E-state index in [9.17, 15) is 4.79 Å². The molecule has 0 aliphatic heterocycles. The van der Waals surface area contributed by atoms with Crippen LogP contribution >= 0.6 is 11.8 Å². The summed E-state index contributed by atoms with van der Waals surface area (Å²) in [6, 6.07) is 0.240. The Morgan fingerprint density at radius 2 is 2.18 bits per heavy atom. The van der Waals surface area contributed by atoms with Crippen LogP contribution in [-0.4, -0.2) is 29.6 Å². The first-order valence-corrected chi connectivity index (χ1v) is 7.62. The molecule has 3 atom stereocenters. The number of ether oxygens (including phenoxy) is 1. The van der Waals surface area contributed by atoms with E-state index in [0.29, 0.717) is 23.5 Å². The van der Waals surface area contributed by atoms with Crippen molar-refractivity contribution < 1.29 is 9.53 Å². The van der Waals surface area contributed by atoms with Crippen LogP contribution in [0.1, 0.15) is 40.0 Å². The van der Waals surface area contributed by atoms with E-state index in [2.05, 4.69) is 13.8 Å². The molecule has 100 valence electrons. The van der Waals surface area contributed by atoms with Crippen LogP contribution in [0.3, 0.4) is 0 Å². The minimum Gasteiger partial charge on any atom is -0.465 e. The fourth-order valence-corrected chi connectivity index (χ4v) is 3.56. The van der Waals surface area contributed by atoms with Gasteiger partial charge in [-0.3, -0.25) is 4.79 Å². The lowest BCUT2D eigenvalue weighted by Gasteiger charge is -2.35. The van der Waals surface area contributed by atoms with E-state index in [0.717, 1.165) is 18.8 Å². The van der Waals surface area contributed by atoms with Crippen molar-refractivity contribution in [2.75, 3.05) is 12.4 Å². The molecule has 0 aromatic carbocycles. The van der Waals surface area contributed by atoms with Gasteiger partial charge in [0, 0.05) is 11.3 Å². The van der Waals surface area contributed by atoms with Gasteiger partial charge in [0.05, 0.1) is 12.4 Å². The monoisotopic (exact) mass is 259 g/mol. The maximum Gasteiger partial charge on any atom is 0.315 e. The zero-order valence-electron chi connectivity index (χ0n) is 11.1. The maximum absolute atomic E-state index is 11.3. The van der Waals surface area contributed by atoms with Gasteiger partial charge in [0.2, 0.25) is 0 Å². The van der Waals surface area contributed by atoms with Gasteiger partial charge in [0.25, 0.3) is 0 Å². The summed E-state index contributed by atoms with van der Waals surface area (Å²) in [7, 11) is 0. The molecule has 2 N–H and O–H groups in total. The molecule has 0 amide bonds. The molecule has 1 fully saturated rings. The molecule has 1 saturated carbocycles. The molecule has 0 heterocycles. The van der Waals surface area contributed by atoms with Crippen molar-refractivity contribution in [2.45, 2.75) is 51.3 Å². The number of thioether (sulfide) groups is 1. The lowest BCUT2D eigenvalue weighted by Crippen LogP contribution is -2.40. The molecule has 1 rings (SSSR count). The molecule has 17 heavy (non-hydrogen) atoms. The summed E-state index contributed by atoms with van der Waals surface area (Å²) in [6.45, 7) is 6.84. The van der Waals surface area contributed by atoms with Crippen molar-refractivity contribution in [3.8, 4) is 0 Å². The predicted molar refractivity (Wildman–Crippen MR) is 73.0 cm³/mol. The summed E-state index contributed by atoms with van der Waals surface area (Å²) in [5.74, 6) is 1.80. The highest BCUT2D eigenvalue weighted by Crippen LogP contribution is 2.35. The number of hydrogen-bond acceptors (Lipinski definition) is 4. The molecule has 0 aromatic heterocycles. The van der Waals surface area contributed by atoms with Crippen LogP contribution in [0, 0.1) is 11.8 Å². The summed E-state index contributed by atoms with van der Waals surface area (Å²) in [6.07, 6.45) is 3.46. The Labute approximate surface area is 109 Å². The average Bonchev–Trinajstić information content (AvgIpc) is 2.28. The van der Waals surface area contributed by atoms with Crippen molar-refractivity contribution in [1.29, 1.82) is 0 Å². The SMILES string of the molecule is CCOC(=O)CSC1CC(C(C)C)CCC1N. The highest BCUT2D eigenvalue weighted by Gasteiger charge is 2.30. The first-order valence-electron chi connectivity index (χ1n) is 6.57. The van der Waals surface area contributed by atoms with Crippen LogP contribution in [0.5, 0.6) is 0 Å². The van der Waals surface area contributed by atoms with Crippen molar-refractivity contribution in [3.05, 3.63) is 0 Å². The first-order chi connectivity index (χ1) is 8.04.